The van der Waals surface area contributed by atoms with Crippen molar-refractivity contribution < 1.29 is 4.79 Å². The van der Waals surface area contributed by atoms with Crippen LogP contribution in [0.4, 0.5) is 5.82 Å². The fraction of sp³-hybridized carbons (Fsp3) is 0.700. The third-order valence-electron chi connectivity index (χ3n) is 6.08. The number of halogens is 1. The highest BCUT2D eigenvalue weighted by Gasteiger charge is 2.27. The zero-order chi connectivity index (χ0) is 20.4. The number of rotatable bonds is 6. The van der Waals surface area contributed by atoms with E-state index in [2.05, 4.69) is 39.1 Å². The second kappa shape index (κ2) is 9.10. The average Bonchev–Trinajstić information content (AvgIpc) is 3.38. The Hall–Kier alpha value is -1.51. The largest absolute Gasteiger partial charge is 0.365 e. The van der Waals surface area contributed by atoms with Crippen molar-refractivity contribution in [3.05, 3.63) is 10.3 Å². The second-order valence-electron chi connectivity index (χ2n) is 8.11. The average molecular weight is 437 g/mol. The Labute approximate surface area is 180 Å². The molecule has 0 radical (unpaired) electrons. The SMILES string of the molecule is CCc1nc2c(N[C@H]3CC[C@H](N(C)CC(=O)N4CCCC4)CC3)nc(Cl)nc2s1. The fourth-order valence-electron chi connectivity index (χ4n) is 4.35. The zero-order valence-electron chi connectivity index (χ0n) is 17.2. The topological polar surface area (TPSA) is 74.2 Å². The van der Waals surface area contributed by atoms with Gasteiger partial charge in [-0.05, 0) is 63.6 Å². The molecule has 1 aliphatic carbocycles. The van der Waals surface area contributed by atoms with E-state index in [0.29, 0.717) is 18.6 Å². The summed E-state index contributed by atoms with van der Waals surface area (Å²) in [5.41, 5.74) is 0.826. The van der Waals surface area contributed by atoms with Gasteiger partial charge >= 0.3 is 0 Å². The Morgan fingerprint density at radius 2 is 1.93 bits per heavy atom. The number of nitrogens with one attached hydrogen (secondary N) is 1. The van der Waals surface area contributed by atoms with Gasteiger partial charge in [-0.1, -0.05) is 18.3 Å². The number of aromatic nitrogens is 3. The number of carbonyl (C=O) groups is 1. The van der Waals surface area contributed by atoms with Crippen molar-refractivity contribution in [2.45, 2.75) is 64.0 Å². The Bertz CT molecular complexity index is 860. The Kier molecular flexibility index (Phi) is 6.51. The van der Waals surface area contributed by atoms with Crippen molar-refractivity contribution in [3.63, 3.8) is 0 Å². The molecule has 1 N–H and O–H groups in total. The maximum Gasteiger partial charge on any atom is 0.236 e. The van der Waals surface area contributed by atoms with Crippen LogP contribution in [0.25, 0.3) is 10.3 Å². The van der Waals surface area contributed by atoms with Crippen molar-refractivity contribution in [1.29, 1.82) is 0 Å². The summed E-state index contributed by atoms with van der Waals surface area (Å²) in [5.74, 6) is 1.02. The molecule has 1 saturated carbocycles. The number of aryl methyl sites for hydroxylation is 1. The number of likely N-dealkylation sites (N-methyl/N-ethyl adjacent to an activating group) is 1. The minimum Gasteiger partial charge on any atom is -0.365 e. The van der Waals surface area contributed by atoms with E-state index in [0.717, 1.165) is 79.2 Å². The molecule has 0 aromatic carbocycles. The van der Waals surface area contributed by atoms with Gasteiger partial charge in [0.05, 0.1) is 11.6 Å². The van der Waals surface area contributed by atoms with Gasteiger partial charge in [0.15, 0.2) is 10.6 Å². The van der Waals surface area contributed by atoms with Crippen LogP contribution in [-0.2, 0) is 11.2 Å². The first kappa shape index (κ1) is 20.8. The van der Waals surface area contributed by atoms with Crippen molar-refractivity contribution in [1.82, 2.24) is 24.8 Å². The number of anilines is 1. The molecule has 1 aliphatic heterocycles. The van der Waals surface area contributed by atoms with Crippen LogP contribution in [0, 0.1) is 0 Å². The summed E-state index contributed by atoms with van der Waals surface area (Å²) in [6.07, 6.45) is 7.39. The molecule has 2 aliphatic rings. The summed E-state index contributed by atoms with van der Waals surface area (Å²) in [7, 11) is 2.09. The minimum atomic E-state index is 0.264. The molecule has 2 aromatic rings. The van der Waals surface area contributed by atoms with Crippen molar-refractivity contribution in [2.75, 3.05) is 32.0 Å². The van der Waals surface area contributed by atoms with Gasteiger partial charge in [0.2, 0.25) is 11.2 Å². The molecule has 2 aromatic heterocycles. The van der Waals surface area contributed by atoms with E-state index in [4.69, 9.17) is 11.6 Å². The van der Waals surface area contributed by atoms with Gasteiger partial charge in [0, 0.05) is 25.2 Å². The number of carbonyl (C=O) groups excluding carboxylic acids is 1. The summed E-state index contributed by atoms with van der Waals surface area (Å²) in [6.45, 7) is 4.47. The summed E-state index contributed by atoms with van der Waals surface area (Å²) in [6, 6.07) is 0.800. The Balaban J connectivity index is 1.33. The zero-order valence-corrected chi connectivity index (χ0v) is 18.7. The molecule has 1 amide bonds. The number of hydrogen-bond acceptors (Lipinski definition) is 7. The van der Waals surface area contributed by atoms with Crippen LogP contribution in [0.5, 0.6) is 0 Å². The Morgan fingerprint density at radius 1 is 1.21 bits per heavy atom. The molecule has 158 valence electrons. The maximum atomic E-state index is 12.4. The molecular weight excluding hydrogens is 408 g/mol. The standard InChI is InChI=1S/C20H29ClN6OS/c1-3-15-23-17-18(24-20(21)25-19(17)29-15)22-13-6-8-14(9-7-13)26(2)12-16(28)27-10-4-5-11-27/h13-14H,3-12H2,1-2H3,(H,22,24,25)/t13-,14-. The molecule has 7 nitrogen and oxygen atoms in total. The summed E-state index contributed by atoms with van der Waals surface area (Å²) < 4.78 is 0. The molecular formula is C20H29ClN6OS. The lowest BCUT2D eigenvalue weighted by Gasteiger charge is -2.35. The highest BCUT2D eigenvalue weighted by atomic mass is 35.5. The van der Waals surface area contributed by atoms with Gasteiger partial charge in [-0.25, -0.2) is 9.97 Å². The third kappa shape index (κ3) is 4.81. The van der Waals surface area contributed by atoms with Crippen molar-refractivity contribution >= 4 is 45.0 Å². The summed E-state index contributed by atoms with van der Waals surface area (Å²) in [4.78, 5) is 30.9. The quantitative estimate of drug-likeness (QED) is 0.697. The molecule has 1 saturated heterocycles. The van der Waals surface area contributed by atoms with Crippen LogP contribution < -0.4 is 5.32 Å². The predicted molar refractivity (Wildman–Crippen MR) is 118 cm³/mol. The molecule has 29 heavy (non-hydrogen) atoms. The van der Waals surface area contributed by atoms with Crippen LogP contribution in [0.3, 0.4) is 0 Å². The summed E-state index contributed by atoms with van der Waals surface area (Å²) >= 11 is 7.71. The highest BCUT2D eigenvalue weighted by Crippen LogP contribution is 2.30. The van der Waals surface area contributed by atoms with Gasteiger partial charge < -0.3 is 10.2 Å². The normalized spacial score (nSPS) is 22.6. The van der Waals surface area contributed by atoms with E-state index in [1.165, 1.54) is 0 Å². The highest BCUT2D eigenvalue weighted by molar-refractivity contribution is 7.18. The molecule has 3 heterocycles. The van der Waals surface area contributed by atoms with Gasteiger partial charge in [-0.15, -0.1) is 0 Å². The molecule has 4 rings (SSSR count). The van der Waals surface area contributed by atoms with Crippen LogP contribution in [0.1, 0.15) is 50.5 Å². The monoisotopic (exact) mass is 436 g/mol. The van der Waals surface area contributed by atoms with Gasteiger partial charge in [-0.2, -0.15) is 4.98 Å². The van der Waals surface area contributed by atoms with Crippen LogP contribution in [0.2, 0.25) is 5.28 Å². The first-order valence-electron chi connectivity index (χ1n) is 10.6. The number of nitrogens with zero attached hydrogens (tertiary/aromatic N) is 5. The lowest BCUT2D eigenvalue weighted by molar-refractivity contribution is -0.131. The molecule has 9 heteroatoms. The first-order valence-corrected chi connectivity index (χ1v) is 11.8. The predicted octanol–water partition coefficient (Wildman–Crippen LogP) is 3.58. The first-order chi connectivity index (χ1) is 14.0. The summed E-state index contributed by atoms with van der Waals surface area (Å²) in [5, 5.41) is 4.87. The van der Waals surface area contributed by atoms with Crippen LogP contribution in [0.15, 0.2) is 0 Å². The van der Waals surface area contributed by atoms with Crippen molar-refractivity contribution in [2.24, 2.45) is 0 Å². The second-order valence-corrected chi connectivity index (χ2v) is 9.51. The number of hydrogen-bond donors (Lipinski definition) is 1. The molecule has 0 unspecified atom stereocenters. The van der Waals surface area contributed by atoms with E-state index < -0.39 is 0 Å². The maximum absolute atomic E-state index is 12.4. The number of thiazole rings is 1. The van der Waals surface area contributed by atoms with Crippen LogP contribution in [-0.4, -0.2) is 69.4 Å². The number of likely N-dealkylation sites (tertiary alicyclic amines) is 1. The van der Waals surface area contributed by atoms with Gasteiger partial charge in [0.25, 0.3) is 0 Å². The minimum absolute atomic E-state index is 0.264. The molecule has 0 atom stereocenters. The Morgan fingerprint density at radius 3 is 2.62 bits per heavy atom. The van der Waals surface area contributed by atoms with Gasteiger partial charge in [-0.3, -0.25) is 9.69 Å². The van der Waals surface area contributed by atoms with E-state index in [9.17, 15) is 4.79 Å². The number of amides is 1. The van der Waals surface area contributed by atoms with E-state index in [1.807, 2.05) is 4.90 Å². The van der Waals surface area contributed by atoms with E-state index >= 15 is 0 Å². The third-order valence-corrected chi connectivity index (χ3v) is 7.35. The van der Waals surface area contributed by atoms with Crippen molar-refractivity contribution in [3.8, 4) is 0 Å². The van der Waals surface area contributed by atoms with E-state index in [1.54, 1.807) is 11.3 Å². The van der Waals surface area contributed by atoms with E-state index in [-0.39, 0.29) is 11.2 Å². The lowest BCUT2D eigenvalue weighted by atomic mass is 9.90. The smallest absolute Gasteiger partial charge is 0.236 e. The fourth-order valence-corrected chi connectivity index (χ4v) is 5.45. The van der Waals surface area contributed by atoms with Crippen LogP contribution >= 0.6 is 22.9 Å². The lowest BCUT2D eigenvalue weighted by Crippen LogP contribution is -2.44. The van der Waals surface area contributed by atoms with Gasteiger partial charge in [0.1, 0.15) is 5.52 Å². The molecule has 2 fully saturated rings. The molecule has 0 spiro atoms. The molecule has 0 bridgehead atoms. The number of fused-ring (bicyclic) bond motifs is 1.